The second-order valence-corrected chi connectivity index (χ2v) is 6.85. The molecule has 1 saturated heterocycles. The summed E-state index contributed by atoms with van der Waals surface area (Å²) in [6, 6.07) is 7.83. The number of hydrogen-bond acceptors (Lipinski definition) is 2. The lowest BCUT2D eigenvalue weighted by Crippen LogP contribution is -2.52. The molecule has 4 unspecified atom stereocenters. The first-order valence-corrected chi connectivity index (χ1v) is 8.43. The van der Waals surface area contributed by atoms with Gasteiger partial charge in [-0.25, -0.2) is 4.39 Å². The molecule has 0 amide bonds. The Morgan fingerprint density at radius 1 is 1.19 bits per heavy atom. The zero-order chi connectivity index (χ0) is 14.8. The van der Waals surface area contributed by atoms with Gasteiger partial charge in [-0.1, -0.05) is 25.0 Å². The Morgan fingerprint density at radius 3 is 2.71 bits per heavy atom. The van der Waals surface area contributed by atoms with Crippen molar-refractivity contribution in [3.63, 3.8) is 0 Å². The first-order valence-electron chi connectivity index (χ1n) is 8.43. The molecule has 2 fully saturated rings. The van der Waals surface area contributed by atoms with Crippen molar-refractivity contribution in [2.45, 2.75) is 63.6 Å². The minimum atomic E-state index is -0.157. The van der Waals surface area contributed by atoms with Crippen molar-refractivity contribution in [1.82, 2.24) is 4.90 Å². The maximum atomic E-state index is 13.6. The molecule has 0 bridgehead atoms. The summed E-state index contributed by atoms with van der Waals surface area (Å²) in [5.41, 5.74) is 7.35. The van der Waals surface area contributed by atoms with Gasteiger partial charge in [-0.2, -0.15) is 0 Å². The number of fused-ring (bicyclic) bond motifs is 1. The van der Waals surface area contributed by atoms with E-state index in [1.807, 2.05) is 12.1 Å². The smallest absolute Gasteiger partial charge is 0.123 e. The van der Waals surface area contributed by atoms with Gasteiger partial charge in [-0.15, -0.1) is 0 Å². The predicted octanol–water partition coefficient (Wildman–Crippen LogP) is 3.87. The van der Waals surface area contributed by atoms with Crippen molar-refractivity contribution < 1.29 is 4.39 Å². The third-order valence-electron chi connectivity index (χ3n) is 5.33. The van der Waals surface area contributed by atoms with Crippen LogP contribution in [-0.4, -0.2) is 23.5 Å². The van der Waals surface area contributed by atoms with Gasteiger partial charge in [0.15, 0.2) is 0 Å². The summed E-state index contributed by atoms with van der Waals surface area (Å²) < 4.78 is 13.6. The standard InChI is InChI=1S/C18H27FN2/c1-13(20)18(15-7-4-9-16(19)12-15)21-11-5-8-14-6-2-3-10-17(14)21/h4,7,9,12-14,17-18H,2-3,5-6,8,10-11,20H2,1H3. The van der Waals surface area contributed by atoms with E-state index in [1.165, 1.54) is 44.6 Å². The molecule has 3 heteroatoms. The van der Waals surface area contributed by atoms with E-state index < -0.39 is 0 Å². The highest BCUT2D eigenvalue weighted by Gasteiger charge is 2.38. The van der Waals surface area contributed by atoms with Crippen molar-refractivity contribution in [2.24, 2.45) is 11.7 Å². The Kier molecular flexibility index (Phi) is 4.60. The number of rotatable bonds is 3. The maximum Gasteiger partial charge on any atom is 0.123 e. The Morgan fingerprint density at radius 2 is 1.95 bits per heavy atom. The van der Waals surface area contributed by atoms with Crippen LogP contribution >= 0.6 is 0 Å². The van der Waals surface area contributed by atoms with E-state index in [-0.39, 0.29) is 17.9 Å². The zero-order valence-electron chi connectivity index (χ0n) is 13.0. The third kappa shape index (κ3) is 3.14. The van der Waals surface area contributed by atoms with E-state index in [1.54, 1.807) is 6.07 Å². The van der Waals surface area contributed by atoms with Crippen molar-refractivity contribution in [1.29, 1.82) is 0 Å². The van der Waals surface area contributed by atoms with E-state index in [9.17, 15) is 4.39 Å². The monoisotopic (exact) mass is 290 g/mol. The number of nitrogens with two attached hydrogens (primary N) is 1. The van der Waals surface area contributed by atoms with Crippen molar-refractivity contribution in [3.05, 3.63) is 35.6 Å². The molecule has 2 nitrogen and oxygen atoms in total. The van der Waals surface area contributed by atoms with Crippen LogP contribution in [0.25, 0.3) is 0 Å². The minimum Gasteiger partial charge on any atom is -0.326 e. The lowest BCUT2D eigenvalue weighted by atomic mass is 9.77. The highest BCUT2D eigenvalue weighted by atomic mass is 19.1. The van der Waals surface area contributed by atoms with Crippen LogP contribution in [0, 0.1) is 11.7 Å². The van der Waals surface area contributed by atoms with Gasteiger partial charge in [0.1, 0.15) is 5.82 Å². The van der Waals surface area contributed by atoms with Gasteiger partial charge >= 0.3 is 0 Å². The summed E-state index contributed by atoms with van der Waals surface area (Å²) in [6.45, 7) is 3.16. The van der Waals surface area contributed by atoms with Crippen LogP contribution in [0.3, 0.4) is 0 Å². The molecular weight excluding hydrogens is 263 g/mol. The van der Waals surface area contributed by atoms with E-state index in [0.29, 0.717) is 6.04 Å². The molecule has 1 aliphatic carbocycles. The Labute approximate surface area is 127 Å². The molecule has 1 aliphatic heterocycles. The molecule has 0 spiro atoms. The first-order chi connectivity index (χ1) is 10.2. The number of benzene rings is 1. The largest absolute Gasteiger partial charge is 0.326 e. The summed E-state index contributed by atoms with van der Waals surface area (Å²) in [6.07, 6.45) is 7.94. The first kappa shape index (κ1) is 15.0. The fourth-order valence-corrected chi connectivity index (χ4v) is 4.50. The highest BCUT2D eigenvalue weighted by molar-refractivity contribution is 5.22. The SMILES string of the molecule is CC(N)C(c1cccc(F)c1)N1CCCC2CCCCC21. The molecular formula is C18H27FN2. The van der Waals surface area contributed by atoms with Crippen molar-refractivity contribution in [2.75, 3.05) is 6.54 Å². The van der Waals surface area contributed by atoms with Gasteiger partial charge in [-0.3, -0.25) is 4.90 Å². The zero-order valence-corrected chi connectivity index (χ0v) is 13.0. The van der Waals surface area contributed by atoms with Gasteiger partial charge in [0, 0.05) is 12.1 Å². The lowest BCUT2D eigenvalue weighted by molar-refractivity contribution is 0.0178. The van der Waals surface area contributed by atoms with Crippen LogP contribution in [0.15, 0.2) is 24.3 Å². The fourth-order valence-electron chi connectivity index (χ4n) is 4.50. The summed E-state index contributed by atoms with van der Waals surface area (Å²) in [5.74, 6) is 0.665. The second-order valence-electron chi connectivity index (χ2n) is 6.85. The van der Waals surface area contributed by atoms with Crippen LogP contribution in [0.2, 0.25) is 0 Å². The van der Waals surface area contributed by atoms with Crippen LogP contribution < -0.4 is 5.73 Å². The number of nitrogens with zero attached hydrogens (tertiary/aromatic N) is 1. The topological polar surface area (TPSA) is 29.3 Å². The Bertz CT molecular complexity index is 472. The molecule has 3 rings (SSSR count). The minimum absolute atomic E-state index is 0.0208. The molecule has 0 radical (unpaired) electrons. The fraction of sp³-hybridized carbons (Fsp3) is 0.667. The van der Waals surface area contributed by atoms with Gasteiger partial charge < -0.3 is 5.73 Å². The van der Waals surface area contributed by atoms with Crippen LogP contribution in [-0.2, 0) is 0 Å². The van der Waals surface area contributed by atoms with E-state index in [4.69, 9.17) is 5.73 Å². The highest BCUT2D eigenvalue weighted by Crippen LogP contribution is 2.40. The molecule has 1 aromatic carbocycles. The van der Waals surface area contributed by atoms with Gasteiger partial charge in [0.25, 0.3) is 0 Å². The Balaban J connectivity index is 1.89. The number of likely N-dealkylation sites (tertiary alicyclic amines) is 1. The van der Waals surface area contributed by atoms with Crippen LogP contribution in [0.5, 0.6) is 0 Å². The molecule has 4 atom stereocenters. The van der Waals surface area contributed by atoms with Gasteiger partial charge in [-0.05, 0) is 62.8 Å². The molecule has 2 aliphatic rings. The normalized spacial score (nSPS) is 29.7. The molecule has 2 N–H and O–H groups in total. The lowest BCUT2D eigenvalue weighted by Gasteiger charge is -2.49. The van der Waals surface area contributed by atoms with Crippen molar-refractivity contribution >= 4 is 0 Å². The predicted molar refractivity (Wildman–Crippen MR) is 84.5 cm³/mol. The van der Waals surface area contributed by atoms with Gasteiger partial charge in [0.05, 0.1) is 6.04 Å². The summed E-state index contributed by atoms with van der Waals surface area (Å²) >= 11 is 0. The Hall–Kier alpha value is -0.930. The second kappa shape index (κ2) is 6.45. The average Bonchev–Trinajstić information content (AvgIpc) is 2.47. The molecule has 21 heavy (non-hydrogen) atoms. The molecule has 116 valence electrons. The molecule has 1 heterocycles. The quantitative estimate of drug-likeness (QED) is 0.915. The summed E-state index contributed by atoms with van der Waals surface area (Å²) in [7, 11) is 0. The molecule has 0 aromatic heterocycles. The number of halogens is 1. The average molecular weight is 290 g/mol. The number of piperidine rings is 1. The molecule has 1 saturated carbocycles. The number of hydrogen-bond donors (Lipinski definition) is 1. The summed E-state index contributed by atoms with van der Waals surface area (Å²) in [5, 5.41) is 0. The van der Waals surface area contributed by atoms with E-state index in [0.717, 1.165) is 18.0 Å². The third-order valence-corrected chi connectivity index (χ3v) is 5.33. The van der Waals surface area contributed by atoms with Gasteiger partial charge in [0.2, 0.25) is 0 Å². The van der Waals surface area contributed by atoms with Crippen LogP contribution in [0.1, 0.15) is 57.1 Å². The van der Waals surface area contributed by atoms with E-state index in [2.05, 4.69) is 11.8 Å². The van der Waals surface area contributed by atoms with Crippen LogP contribution in [0.4, 0.5) is 4.39 Å². The van der Waals surface area contributed by atoms with E-state index >= 15 is 0 Å². The summed E-state index contributed by atoms with van der Waals surface area (Å²) in [4.78, 5) is 2.59. The maximum absolute atomic E-state index is 13.6. The molecule has 1 aromatic rings. The van der Waals surface area contributed by atoms with Crippen molar-refractivity contribution in [3.8, 4) is 0 Å².